The second-order valence-corrected chi connectivity index (χ2v) is 20.5. The molecule has 60 heavy (non-hydrogen) atoms. The zero-order valence-corrected chi connectivity index (χ0v) is 34.9. The van der Waals surface area contributed by atoms with E-state index in [1.165, 1.54) is 0 Å². The maximum absolute atomic E-state index is 14.6. The molecule has 0 aromatic carbocycles. The fraction of sp³-hybridized carbons (Fsp3) is 0.905. The SMILES string of the molecule is CC1(C)CCC2(C(=O)OC3OC(CO)C(O)C(O)C3O)CCC3(C)C(=CCC4C5(C)CC(O)C(OC6OC(CO)C(O)C(O)C6O)C(CO)(C(=O)O)C5CCC43C)C2C1O. The third kappa shape index (κ3) is 6.33. The Kier molecular flexibility index (Phi) is 12.1. The molecule has 5 aliphatic carbocycles. The molecule has 18 heteroatoms. The Morgan fingerprint density at radius 1 is 0.733 bits per heavy atom. The Hall–Kier alpha value is -1.88. The third-order valence-corrected chi connectivity index (χ3v) is 17.5. The predicted octanol–water partition coefficient (Wildman–Crippen LogP) is -1.70. The van der Waals surface area contributed by atoms with E-state index in [2.05, 4.69) is 13.8 Å². The van der Waals surface area contributed by atoms with Gasteiger partial charge >= 0.3 is 11.9 Å². The van der Waals surface area contributed by atoms with Crippen molar-refractivity contribution in [2.24, 2.45) is 50.2 Å². The lowest BCUT2D eigenvalue weighted by molar-refractivity contribution is -0.344. The molecule has 0 radical (unpaired) electrons. The van der Waals surface area contributed by atoms with Crippen LogP contribution in [0.5, 0.6) is 0 Å². The van der Waals surface area contributed by atoms with Crippen LogP contribution in [0, 0.1) is 50.2 Å². The van der Waals surface area contributed by atoms with E-state index in [9.17, 15) is 70.9 Å². The molecule has 0 bridgehead atoms. The number of esters is 1. The first-order chi connectivity index (χ1) is 28.0. The summed E-state index contributed by atoms with van der Waals surface area (Å²) in [7, 11) is 0. The quantitative estimate of drug-likeness (QED) is 0.0735. The first kappa shape index (κ1) is 46.1. The van der Waals surface area contributed by atoms with Crippen LogP contribution in [0.15, 0.2) is 11.6 Å². The highest BCUT2D eigenvalue weighted by Gasteiger charge is 2.74. The highest BCUT2D eigenvalue weighted by atomic mass is 16.7. The van der Waals surface area contributed by atoms with Gasteiger partial charge in [-0.05, 0) is 84.9 Å². The minimum atomic E-state index is -2.13. The number of aliphatic hydroxyl groups is 11. The molecule has 7 aliphatic rings. The second kappa shape index (κ2) is 15.7. The van der Waals surface area contributed by atoms with Crippen LogP contribution in [0.2, 0.25) is 0 Å². The number of aliphatic carboxylic acids is 1. The van der Waals surface area contributed by atoms with Crippen molar-refractivity contribution in [3.05, 3.63) is 11.6 Å². The number of aliphatic hydroxyl groups excluding tert-OH is 11. The van der Waals surface area contributed by atoms with Crippen LogP contribution in [0.3, 0.4) is 0 Å². The molecule has 12 N–H and O–H groups in total. The lowest BCUT2D eigenvalue weighted by Gasteiger charge is -2.71. The number of ether oxygens (including phenoxy) is 4. The topological polar surface area (TPSA) is 314 Å². The summed E-state index contributed by atoms with van der Waals surface area (Å²) in [5.41, 5.74) is -5.44. The van der Waals surface area contributed by atoms with Crippen molar-refractivity contribution in [1.29, 1.82) is 0 Å². The Balaban J connectivity index is 1.24. The monoisotopic (exact) mass is 858 g/mol. The normalized spacial score (nSPS) is 53.7. The zero-order chi connectivity index (χ0) is 44.3. The van der Waals surface area contributed by atoms with Crippen LogP contribution in [-0.2, 0) is 28.5 Å². The van der Waals surface area contributed by atoms with Gasteiger partial charge in [-0.2, -0.15) is 0 Å². The highest BCUT2D eigenvalue weighted by Crippen LogP contribution is 2.76. The van der Waals surface area contributed by atoms with Gasteiger partial charge in [-0.25, -0.2) is 0 Å². The highest BCUT2D eigenvalue weighted by molar-refractivity contribution is 5.79. The number of carboxylic acids is 1. The van der Waals surface area contributed by atoms with Crippen LogP contribution < -0.4 is 0 Å². The van der Waals surface area contributed by atoms with Crippen LogP contribution in [0.25, 0.3) is 0 Å². The van der Waals surface area contributed by atoms with Crippen molar-refractivity contribution in [3.63, 3.8) is 0 Å². The van der Waals surface area contributed by atoms with Gasteiger partial charge in [0.1, 0.15) is 60.4 Å². The van der Waals surface area contributed by atoms with Crippen molar-refractivity contribution >= 4 is 11.9 Å². The molecular formula is C42H66O18. The predicted molar refractivity (Wildman–Crippen MR) is 204 cm³/mol. The van der Waals surface area contributed by atoms with Crippen molar-refractivity contribution in [3.8, 4) is 0 Å². The van der Waals surface area contributed by atoms with E-state index < -0.39 is 156 Å². The van der Waals surface area contributed by atoms with Crippen LogP contribution >= 0.6 is 0 Å². The lowest BCUT2D eigenvalue weighted by Crippen LogP contribution is -2.72. The molecule has 2 aliphatic heterocycles. The van der Waals surface area contributed by atoms with Crippen LogP contribution in [0.4, 0.5) is 0 Å². The zero-order valence-electron chi connectivity index (χ0n) is 34.9. The van der Waals surface area contributed by atoms with Crippen molar-refractivity contribution in [2.45, 2.75) is 166 Å². The smallest absolute Gasteiger partial charge is 0.315 e. The van der Waals surface area contributed by atoms with E-state index in [1.807, 2.05) is 26.8 Å². The number of carbonyl (C=O) groups is 2. The average molecular weight is 859 g/mol. The molecule has 2 heterocycles. The maximum Gasteiger partial charge on any atom is 0.315 e. The summed E-state index contributed by atoms with van der Waals surface area (Å²) in [5, 5.41) is 129. The summed E-state index contributed by atoms with van der Waals surface area (Å²) in [5.74, 6) is -4.04. The molecule has 21 unspecified atom stereocenters. The third-order valence-electron chi connectivity index (χ3n) is 17.5. The second-order valence-electron chi connectivity index (χ2n) is 20.5. The summed E-state index contributed by atoms with van der Waals surface area (Å²) < 4.78 is 23.0. The van der Waals surface area contributed by atoms with Gasteiger partial charge in [0.2, 0.25) is 6.29 Å². The molecule has 6 fully saturated rings. The van der Waals surface area contributed by atoms with Crippen molar-refractivity contribution in [2.75, 3.05) is 19.8 Å². The Labute approximate surface area is 348 Å². The summed E-state index contributed by atoms with van der Waals surface area (Å²) >= 11 is 0. The van der Waals surface area contributed by atoms with E-state index in [-0.39, 0.29) is 25.2 Å². The number of allylic oxidation sites excluding steroid dienone is 1. The molecule has 0 amide bonds. The van der Waals surface area contributed by atoms with Gasteiger partial charge in [-0.1, -0.05) is 46.3 Å². The van der Waals surface area contributed by atoms with Crippen LogP contribution in [-0.4, -0.2) is 173 Å². The number of carbonyl (C=O) groups excluding carboxylic acids is 1. The molecule has 18 nitrogen and oxygen atoms in total. The summed E-state index contributed by atoms with van der Waals surface area (Å²) in [4.78, 5) is 28.2. The van der Waals surface area contributed by atoms with Gasteiger partial charge in [-0.15, -0.1) is 0 Å². The van der Waals surface area contributed by atoms with E-state index in [0.29, 0.717) is 32.1 Å². The van der Waals surface area contributed by atoms with Crippen LogP contribution in [0.1, 0.15) is 86.0 Å². The first-order valence-electron chi connectivity index (χ1n) is 21.4. The number of carboxylic acid groups (broad SMARTS) is 1. The molecule has 342 valence electrons. The lowest BCUT2D eigenvalue weighted by atomic mass is 9.33. The fourth-order valence-corrected chi connectivity index (χ4v) is 13.7. The van der Waals surface area contributed by atoms with E-state index in [4.69, 9.17) is 18.9 Å². The number of hydrogen-bond acceptors (Lipinski definition) is 17. The van der Waals surface area contributed by atoms with Gasteiger partial charge in [0, 0.05) is 5.92 Å². The van der Waals surface area contributed by atoms with Crippen molar-refractivity contribution < 1.29 is 89.8 Å². The average Bonchev–Trinajstić information content (AvgIpc) is 3.19. The van der Waals surface area contributed by atoms with Gasteiger partial charge in [0.25, 0.3) is 0 Å². The maximum atomic E-state index is 14.6. The Morgan fingerprint density at radius 2 is 1.30 bits per heavy atom. The van der Waals surface area contributed by atoms with Gasteiger partial charge < -0.3 is 80.2 Å². The molecule has 0 spiro atoms. The standard InChI is InChI=1S/C42H66O18/c1-37(2)10-12-41(36(56)60-34-30(52)28(50)26(48)21(16-44)58-34)13-11-39(4)18(24(41)31(37)53)6-7-22-38(3)14-19(46)32(59-33-29(51)27(49)25(47)20(15-43)57-33)42(17-45,35(54)55)23(38)8-9-40(22,39)5/h6,19-34,43-53H,7-17H2,1-5H3,(H,54,55). The minimum Gasteiger partial charge on any atom is -0.481 e. The Bertz CT molecular complexity index is 1670. The van der Waals surface area contributed by atoms with Gasteiger partial charge in [-0.3, -0.25) is 9.59 Å². The molecule has 4 saturated carbocycles. The molecule has 7 rings (SSSR count). The van der Waals surface area contributed by atoms with E-state index in [0.717, 1.165) is 5.57 Å². The molecule has 0 aromatic rings. The summed E-state index contributed by atoms with van der Waals surface area (Å²) in [6.45, 7) is 7.61. The largest absolute Gasteiger partial charge is 0.481 e. The number of rotatable bonds is 8. The fourth-order valence-electron chi connectivity index (χ4n) is 13.7. The molecule has 21 atom stereocenters. The molecule has 0 aromatic heterocycles. The molecule has 2 saturated heterocycles. The van der Waals surface area contributed by atoms with Crippen molar-refractivity contribution in [1.82, 2.24) is 0 Å². The van der Waals surface area contributed by atoms with E-state index in [1.54, 1.807) is 0 Å². The summed E-state index contributed by atoms with van der Waals surface area (Å²) in [6.07, 6.45) is -16.4. The number of hydrogen-bond donors (Lipinski definition) is 12. The first-order valence-corrected chi connectivity index (χ1v) is 21.4. The Morgan fingerprint density at radius 3 is 1.87 bits per heavy atom. The van der Waals surface area contributed by atoms with E-state index >= 15 is 0 Å². The van der Waals surface area contributed by atoms with Gasteiger partial charge in [0.05, 0.1) is 37.4 Å². The summed E-state index contributed by atoms with van der Waals surface area (Å²) in [6, 6.07) is 0. The molecular weight excluding hydrogens is 792 g/mol. The number of fused-ring (bicyclic) bond motifs is 7. The minimum absolute atomic E-state index is 0.0166. The van der Waals surface area contributed by atoms with Gasteiger partial charge in [0.15, 0.2) is 6.29 Å².